The van der Waals surface area contributed by atoms with Gasteiger partial charge in [-0.05, 0) is 64.0 Å². The largest absolute Gasteiger partial charge is 0.491 e. The second-order valence-electron chi connectivity index (χ2n) is 8.93. The van der Waals surface area contributed by atoms with Gasteiger partial charge in [0.15, 0.2) is 0 Å². The molecule has 0 saturated carbocycles. The lowest BCUT2D eigenvalue weighted by atomic mass is 10.0. The third-order valence-electron chi connectivity index (χ3n) is 6.19. The number of benzene rings is 3. The number of nitrogens with zero attached hydrogens (tertiary/aromatic N) is 1. The number of rotatable bonds is 13. The predicted molar refractivity (Wildman–Crippen MR) is 154 cm³/mol. The summed E-state index contributed by atoms with van der Waals surface area (Å²) in [5, 5.41) is 5.22. The molecule has 0 bridgehead atoms. The first-order valence-electron chi connectivity index (χ1n) is 12.6. The maximum atomic E-state index is 14.5. The molecule has 0 radical (unpaired) electrons. The second kappa shape index (κ2) is 14.2. The maximum absolute atomic E-state index is 14.5. The molecule has 1 unspecified atom stereocenters. The van der Waals surface area contributed by atoms with Crippen molar-refractivity contribution in [3.8, 4) is 5.75 Å². The lowest BCUT2D eigenvalue weighted by Crippen LogP contribution is -2.49. The highest BCUT2D eigenvalue weighted by Crippen LogP contribution is 2.27. The van der Waals surface area contributed by atoms with E-state index in [2.05, 4.69) is 10.6 Å². The Morgan fingerprint density at radius 3 is 2.45 bits per heavy atom. The Balaban J connectivity index is 1.48. The molecule has 1 aliphatic heterocycles. The van der Waals surface area contributed by atoms with E-state index in [1.807, 2.05) is 28.7 Å². The van der Waals surface area contributed by atoms with Crippen molar-refractivity contribution in [1.29, 1.82) is 0 Å². The zero-order valence-corrected chi connectivity index (χ0v) is 23.9. The number of carbonyl (C=O) groups excluding carboxylic acids is 3. The molecule has 0 aliphatic carbocycles. The number of nitrogens with one attached hydrogen (secondary N) is 2. The summed E-state index contributed by atoms with van der Waals surface area (Å²) in [7, 11) is 1.60. The van der Waals surface area contributed by atoms with Crippen molar-refractivity contribution >= 4 is 46.1 Å². The van der Waals surface area contributed by atoms with Crippen LogP contribution in [0.25, 0.3) is 0 Å². The number of urea groups is 1. The number of amides is 4. The fourth-order valence-corrected chi connectivity index (χ4v) is 4.63. The van der Waals surface area contributed by atoms with Crippen molar-refractivity contribution < 1.29 is 33.0 Å². The summed E-state index contributed by atoms with van der Waals surface area (Å²) >= 11 is 1.97. The van der Waals surface area contributed by atoms with E-state index in [9.17, 15) is 18.8 Å². The topological polar surface area (TPSA) is 106 Å². The average Bonchev–Trinajstić information content (AvgIpc) is 3.25. The molecular formula is C29H29FIN3O6. The summed E-state index contributed by atoms with van der Waals surface area (Å²) in [6.45, 7) is 1.71. The third-order valence-corrected chi connectivity index (χ3v) is 6.86. The van der Waals surface area contributed by atoms with E-state index >= 15 is 0 Å². The molecule has 40 heavy (non-hydrogen) atoms. The molecule has 0 aromatic heterocycles. The molecule has 3 aromatic carbocycles. The van der Waals surface area contributed by atoms with Crippen molar-refractivity contribution in [1.82, 2.24) is 10.2 Å². The molecule has 210 valence electrons. The average molecular weight is 661 g/mol. The molecular weight excluding hydrogens is 632 g/mol. The Morgan fingerprint density at radius 2 is 1.75 bits per heavy atom. The van der Waals surface area contributed by atoms with Crippen LogP contribution in [0.5, 0.6) is 5.75 Å². The van der Waals surface area contributed by atoms with Crippen LogP contribution >= 0.6 is 22.6 Å². The van der Waals surface area contributed by atoms with Crippen LogP contribution in [0.2, 0.25) is 0 Å². The molecule has 4 amide bonds. The fraction of sp³-hybridized carbons (Fsp3) is 0.276. The quantitative estimate of drug-likeness (QED) is 0.161. The van der Waals surface area contributed by atoms with Crippen LogP contribution in [0.4, 0.5) is 14.9 Å². The smallest absolute Gasteiger partial charge is 0.325 e. The summed E-state index contributed by atoms with van der Waals surface area (Å²) < 4.78 is 31.1. The van der Waals surface area contributed by atoms with Gasteiger partial charge in [-0.2, -0.15) is 0 Å². The molecule has 1 aliphatic rings. The van der Waals surface area contributed by atoms with Crippen molar-refractivity contribution in [2.45, 2.75) is 18.5 Å². The number of imide groups is 1. The molecule has 1 fully saturated rings. The molecule has 2 N–H and O–H groups in total. The highest BCUT2D eigenvalue weighted by atomic mass is 127. The number of ether oxygens (including phenoxy) is 3. The van der Waals surface area contributed by atoms with Gasteiger partial charge in [0, 0.05) is 17.1 Å². The standard InChI is InChI=1S/C29H29FIN3O6/c1-38-13-14-39-15-16-40-22-10-7-20(8-11-22)26-28(36)34(29(37)33-26)25(17-19-5-3-2-4-6-19)27(35)32-24-12-9-21(31)18-23(24)30/h2-12,18,25-26H,13-17H2,1H3,(H,32,35)(H,33,37)/t25?,26-/m1/s1. The monoisotopic (exact) mass is 661 g/mol. The number of halogens is 2. The number of carbonyl (C=O) groups is 3. The molecule has 2 atom stereocenters. The second-order valence-corrected chi connectivity index (χ2v) is 10.2. The number of hydrogen-bond acceptors (Lipinski definition) is 6. The van der Waals surface area contributed by atoms with Crippen molar-refractivity contribution in [2.24, 2.45) is 0 Å². The van der Waals surface area contributed by atoms with E-state index in [4.69, 9.17) is 14.2 Å². The zero-order valence-electron chi connectivity index (χ0n) is 21.8. The molecule has 11 heteroatoms. The van der Waals surface area contributed by atoms with Gasteiger partial charge in [-0.3, -0.25) is 9.59 Å². The summed E-state index contributed by atoms with van der Waals surface area (Å²) in [5.74, 6) is -1.29. The van der Waals surface area contributed by atoms with Crippen LogP contribution < -0.4 is 15.4 Å². The third kappa shape index (κ3) is 7.55. The van der Waals surface area contributed by atoms with E-state index < -0.39 is 35.7 Å². The van der Waals surface area contributed by atoms with Gasteiger partial charge in [-0.25, -0.2) is 14.1 Å². The van der Waals surface area contributed by atoms with Crippen molar-refractivity contribution in [3.63, 3.8) is 0 Å². The van der Waals surface area contributed by atoms with Crippen LogP contribution in [0.3, 0.4) is 0 Å². The Morgan fingerprint density at radius 1 is 1.02 bits per heavy atom. The van der Waals surface area contributed by atoms with E-state index in [1.54, 1.807) is 61.7 Å². The molecule has 9 nitrogen and oxygen atoms in total. The van der Waals surface area contributed by atoms with Crippen LogP contribution in [0, 0.1) is 9.39 Å². The Kier molecular flexibility index (Phi) is 10.4. The Labute approximate surface area is 245 Å². The van der Waals surface area contributed by atoms with Gasteiger partial charge in [0.25, 0.3) is 5.91 Å². The Hall–Kier alpha value is -3.55. The molecule has 3 aromatic rings. The minimum Gasteiger partial charge on any atom is -0.491 e. The minimum atomic E-state index is -1.21. The summed E-state index contributed by atoms with van der Waals surface area (Å²) in [5.41, 5.74) is 1.24. The molecule has 1 saturated heterocycles. The van der Waals surface area contributed by atoms with Crippen LogP contribution in [0.1, 0.15) is 17.2 Å². The first-order valence-corrected chi connectivity index (χ1v) is 13.7. The van der Waals surface area contributed by atoms with E-state index in [0.717, 1.165) is 10.5 Å². The summed E-state index contributed by atoms with van der Waals surface area (Å²) in [6, 6.07) is 17.2. The molecule has 4 rings (SSSR count). The molecule has 0 spiro atoms. The van der Waals surface area contributed by atoms with Crippen LogP contribution in [-0.4, -0.2) is 62.3 Å². The van der Waals surface area contributed by atoms with Crippen molar-refractivity contribution in [3.05, 3.63) is 93.3 Å². The lowest BCUT2D eigenvalue weighted by Gasteiger charge is -2.25. The van der Waals surface area contributed by atoms with E-state index in [-0.39, 0.29) is 12.1 Å². The Bertz CT molecular complexity index is 1330. The number of anilines is 1. The highest BCUT2D eigenvalue weighted by Gasteiger charge is 2.45. The van der Waals surface area contributed by atoms with Crippen LogP contribution in [0.15, 0.2) is 72.8 Å². The SMILES string of the molecule is COCCOCCOc1ccc([C@H]2NC(=O)N(C(Cc3ccccc3)C(=O)Nc3ccc(I)cc3F)C2=O)cc1. The summed E-state index contributed by atoms with van der Waals surface area (Å²) in [6.07, 6.45) is 0.0593. The van der Waals surface area contributed by atoms with Gasteiger partial charge in [0.05, 0.1) is 25.5 Å². The minimum absolute atomic E-state index is 0.0354. The fourth-order valence-electron chi connectivity index (χ4n) is 4.18. The lowest BCUT2D eigenvalue weighted by molar-refractivity contribution is -0.134. The zero-order chi connectivity index (χ0) is 28.5. The van der Waals surface area contributed by atoms with E-state index in [0.29, 0.717) is 41.3 Å². The number of hydrogen-bond donors (Lipinski definition) is 2. The van der Waals surface area contributed by atoms with Crippen molar-refractivity contribution in [2.75, 3.05) is 38.9 Å². The van der Waals surface area contributed by atoms with Gasteiger partial charge < -0.3 is 24.8 Å². The first-order chi connectivity index (χ1) is 19.4. The van der Waals surface area contributed by atoms with Gasteiger partial charge >= 0.3 is 6.03 Å². The maximum Gasteiger partial charge on any atom is 0.325 e. The number of methoxy groups -OCH3 is 1. The van der Waals surface area contributed by atoms with Gasteiger partial charge in [-0.1, -0.05) is 42.5 Å². The van der Waals surface area contributed by atoms with Crippen LogP contribution in [-0.2, 0) is 25.5 Å². The van der Waals surface area contributed by atoms with E-state index in [1.165, 1.54) is 12.1 Å². The normalized spacial score (nSPS) is 15.6. The highest BCUT2D eigenvalue weighted by molar-refractivity contribution is 14.1. The predicted octanol–water partition coefficient (Wildman–Crippen LogP) is 4.32. The first kappa shape index (κ1) is 29.4. The van der Waals surface area contributed by atoms with Gasteiger partial charge in [0.1, 0.15) is 30.3 Å². The summed E-state index contributed by atoms with van der Waals surface area (Å²) in [4.78, 5) is 40.9. The molecule has 1 heterocycles. The van der Waals surface area contributed by atoms with Gasteiger partial charge in [-0.15, -0.1) is 0 Å². The van der Waals surface area contributed by atoms with Gasteiger partial charge in [0.2, 0.25) is 5.91 Å².